The second-order valence-electron chi connectivity index (χ2n) is 4.04. The molecule has 2 rings (SSSR count). The molecule has 0 atom stereocenters. The predicted molar refractivity (Wildman–Crippen MR) is 79.3 cm³/mol. The number of hydrogen-bond donors (Lipinski definition) is 3. The van der Waals surface area contributed by atoms with Crippen molar-refractivity contribution in [2.24, 2.45) is 0 Å². The maximum atomic E-state index is 9.06. The van der Waals surface area contributed by atoms with Crippen LogP contribution in [0.2, 0.25) is 10.0 Å². The fraction of sp³-hybridized carbons (Fsp3) is 0.143. The summed E-state index contributed by atoms with van der Waals surface area (Å²) in [6.07, 6.45) is 0. The Kier molecular flexibility index (Phi) is 5.05. The number of rotatable bonds is 5. The van der Waals surface area contributed by atoms with Gasteiger partial charge in [0.25, 0.3) is 0 Å². The van der Waals surface area contributed by atoms with Crippen LogP contribution >= 0.6 is 23.2 Å². The van der Waals surface area contributed by atoms with Crippen LogP contribution in [0.4, 0.5) is 5.69 Å². The van der Waals surface area contributed by atoms with E-state index < -0.39 is 0 Å². The van der Waals surface area contributed by atoms with Gasteiger partial charge in [0.05, 0.1) is 6.61 Å². The van der Waals surface area contributed by atoms with Crippen molar-refractivity contribution in [3.63, 3.8) is 0 Å². The van der Waals surface area contributed by atoms with Crippen LogP contribution in [0.5, 0.6) is 0 Å². The Hall–Kier alpha value is -1.26. The molecule has 0 unspecified atom stereocenters. The molecule has 0 aliphatic carbocycles. The molecule has 0 spiro atoms. The third-order valence-electron chi connectivity index (χ3n) is 2.66. The summed E-state index contributed by atoms with van der Waals surface area (Å²) in [5.41, 5.74) is 8.57. The first-order valence-corrected chi connectivity index (χ1v) is 6.58. The molecule has 19 heavy (non-hydrogen) atoms. The summed E-state index contributed by atoms with van der Waals surface area (Å²) in [6.45, 7) is 0.410. The molecule has 0 bridgehead atoms. The first-order valence-electron chi connectivity index (χ1n) is 5.82. The maximum absolute atomic E-state index is 9.06. The molecule has 0 aliphatic heterocycles. The monoisotopic (exact) mass is 296 g/mol. The average molecular weight is 297 g/mol. The minimum Gasteiger partial charge on any atom is -0.392 e. The molecule has 0 radical (unpaired) electrons. The number of nitrogens with one attached hydrogen (secondary N) is 2. The van der Waals surface area contributed by atoms with Crippen molar-refractivity contribution >= 4 is 28.9 Å². The Labute approximate surface area is 122 Å². The quantitative estimate of drug-likeness (QED) is 0.739. The van der Waals surface area contributed by atoms with Gasteiger partial charge in [-0.05, 0) is 29.8 Å². The van der Waals surface area contributed by atoms with Crippen LogP contribution in [0.1, 0.15) is 11.1 Å². The molecule has 2 aromatic rings. The molecule has 3 N–H and O–H groups in total. The smallest absolute Gasteiger partial charge is 0.0682 e. The van der Waals surface area contributed by atoms with Crippen LogP contribution in [0.25, 0.3) is 0 Å². The highest BCUT2D eigenvalue weighted by Gasteiger charge is 2.07. The Morgan fingerprint density at radius 3 is 2.21 bits per heavy atom. The van der Waals surface area contributed by atoms with Crippen LogP contribution in [0.3, 0.4) is 0 Å². The van der Waals surface area contributed by atoms with E-state index in [0.29, 0.717) is 22.2 Å². The van der Waals surface area contributed by atoms with E-state index in [4.69, 9.17) is 28.3 Å². The first-order chi connectivity index (χ1) is 9.20. The Morgan fingerprint density at radius 2 is 1.63 bits per heavy atom. The Morgan fingerprint density at radius 1 is 1.00 bits per heavy atom. The number of hydrazine groups is 1. The minimum atomic E-state index is -0.0740. The lowest BCUT2D eigenvalue weighted by atomic mass is 10.1. The van der Waals surface area contributed by atoms with Gasteiger partial charge in [0, 0.05) is 27.8 Å². The number of para-hydroxylation sites is 1. The van der Waals surface area contributed by atoms with E-state index in [2.05, 4.69) is 10.9 Å². The van der Waals surface area contributed by atoms with Gasteiger partial charge in [0.2, 0.25) is 0 Å². The third kappa shape index (κ3) is 3.85. The van der Waals surface area contributed by atoms with Crippen molar-refractivity contribution in [2.45, 2.75) is 13.2 Å². The van der Waals surface area contributed by atoms with Crippen LogP contribution in [0, 0.1) is 0 Å². The normalized spacial score (nSPS) is 10.5. The van der Waals surface area contributed by atoms with Crippen molar-refractivity contribution in [3.05, 3.63) is 63.6 Å². The molecule has 100 valence electrons. The number of anilines is 1. The van der Waals surface area contributed by atoms with Gasteiger partial charge in [-0.1, -0.05) is 41.4 Å². The summed E-state index contributed by atoms with van der Waals surface area (Å²) in [5, 5.41) is 10.1. The first kappa shape index (κ1) is 14.2. The van der Waals surface area contributed by atoms with E-state index in [1.807, 2.05) is 30.3 Å². The molecule has 0 saturated heterocycles. The lowest BCUT2D eigenvalue weighted by Crippen LogP contribution is -2.21. The molecule has 0 saturated carbocycles. The number of halogens is 2. The van der Waals surface area contributed by atoms with Gasteiger partial charge in [-0.25, -0.2) is 5.43 Å². The molecule has 0 amide bonds. The summed E-state index contributed by atoms with van der Waals surface area (Å²) < 4.78 is 0. The topological polar surface area (TPSA) is 44.3 Å². The lowest BCUT2D eigenvalue weighted by molar-refractivity contribution is 0.282. The van der Waals surface area contributed by atoms with E-state index in [0.717, 1.165) is 11.3 Å². The molecule has 0 heterocycles. The number of benzene rings is 2. The second kappa shape index (κ2) is 6.78. The summed E-state index contributed by atoms with van der Waals surface area (Å²) in [4.78, 5) is 0. The standard InChI is InChI=1S/C14H14Cl2N2O/c15-13-6-10(9-19)7-14(16)12(13)8-17-18-11-4-2-1-3-5-11/h1-7,17-19H,8-9H2. The minimum absolute atomic E-state index is 0.0740. The highest BCUT2D eigenvalue weighted by atomic mass is 35.5. The fourth-order valence-corrected chi connectivity index (χ4v) is 2.34. The van der Waals surface area contributed by atoms with Gasteiger partial charge in [-0.2, -0.15) is 0 Å². The molecular weight excluding hydrogens is 283 g/mol. The maximum Gasteiger partial charge on any atom is 0.0682 e. The van der Waals surface area contributed by atoms with Crippen molar-refractivity contribution in [3.8, 4) is 0 Å². The van der Waals surface area contributed by atoms with E-state index in [9.17, 15) is 0 Å². The molecule has 5 heteroatoms. The zero-order valence-corrected chi connectivity index (χ0v) is 11.7. The predicted octanol–water partition coefficient (Wildman–Crippen LogP) is 3.60. The van der Waals surface area contributed by atoms with E-state index in [1.165, 1.54) is 0 Å². The zero-order valence-electron chi connectivity index (χ0n) is 10.2. The van der Waals surface area contributed by atoms with E-state index in [-0.39, 0.29) is 6.61 Å². The van der Waals surface area contributed by atoms with Gasteiger partial charge in [-0.3, -0.25) is 0 Å². The summed E-state index contributed by atoms with van der Waals surface area (Å²) in [5.74, 6) is 0. The van der Waals surface area contributed by atoms with Gasteiger partial charge >= 0.3 is 0 Å². The number of aliphatic hydroxyl groups is 1. The Balaban J connectivity index is 2.00. The van der Waals surface area contributed by atoms with Crippen molar-refractivity contribution in [2.75, 3.05) is 5.43 Å². The van der Waals surface area contributed by atoms with Gasteiger partial charge in [0.1, 0.15) is 0 Å². The highest BCUT2D eigenvalue weighted by Crippen LogP contribution is 2.26. The van der Waals surface area contributed by atoms with Crippen LogP contribution in [0.15, 0.2) is 42.5 Å². The summed E-state index contributed by atoms with van der Waals surface area (Å²) in [6, 6.07) is 13.2. The fourth-order valence-electron chi connectivity index (χ4n) is 1.67. The highest BCUT2D eigenvalue weighted by molar-refractivity contribution is 6.36. The molecule has 3 nitrogen and oxygen atoms in total. The molecule has 0 aromatic heterocycles. The van der Waals surface area contributed by atoms with E-state index >= 15 is 0 Å². The molecular formula is C14H14Cl2N2O. The van der Waals surface area contributed by atoms with Crippen LogP contribution < -0.4 is 10.9 Å². The summed E-state index contributed by atoms with van der Waals surface area (Å²) >= 11 is 12.3. The Bertz CT molecular complexity index is 523. The zero-order chi connectivity index (χ0) is 13.7. The molecule has 2 aromatic carbocycles. The number of hydrogen-bond acceptors (Lipinski definition) is 3. The second-order valence-corrected chi connectivity index (χ2v) is 4.86. The van der Waals surface area contributed by atoms with Crippen LogP contribution in [-0.2, 0) is 13.2 Å². The summed E-state index contributed by atoms with van der Waals surface area (Å²) in [7, 11) is 0. The lowest BCUT2D eigenvalue weighted by Gasteiger charge is -2.12. The van der Waals surface area contributed by atoms with E-state index in [1.54, 1.807) is 12.1 Å². The molecule has 0 fully saturated rings. The third-order valence-corrected chi connectivity index (χ3v) is 3.33. The van der Waals surface area contributed by atoms with Gasteiger partial charge in [0.15, 0.2) is 0 Å². The van der Waals surface area contributed by atoms with Crippen LogP contribution in [-0.4, -0.2) is 5.11 Å². The SMILES string of the molecule is OCc1cc(Cl)c(CNNc2ccccc2)c(Cl)c1. The van der Waals surface area contributed by atoms with Gasteiger partial charge < -0.3 is 10.5 Å². The van der Waals surface area contributed by atoms with Gasteiger partial charge in [-0.15, -0.1) is 0 Å². The largest absolute Gasteiger partial charge is 0.392 e. The van der Waals surface area contributed by atoms with Crippen molar-refractivity contribution < 1.29 is 5.11 Å². The average Bonchev–Trinajstić information content (AvgIpc) is 2.42. The van der Waals surface area contributed by atoms with Crippen molar-refractivity contribution in [1.82, 2.24) is 5.43 Å². The number of aliphatic hydroxyl groups excluding tert-OH is 1. The van der Waals surface area contributed by atoms with Crippen molar-refractivity contribution in [1.29, 1.82) is 0 Å². The molecule has 0 aliphatic rings.